The number of carbonyl (C=O) groups excluding carboxylic acids is 2. The second-order valence-electron chi connectivity index (χ2n) is 9.23. The van der Waals surface area contributed by atoms with Crippen LogP contribution in [0.4, 0.5) is 21.8 Å². The first-order valence-corrected chi connectivity index (χ1v) is 13.0. The minimum Gasteiger partial charge on any atom is -0.369 e. The van der Waals surface area contributed by atoms with Gasteiger partial charge in [-0.1, -0.05) is 17.9 Å². The van der Waals surface area contributed by atoms with Crippen molar-refractivity contribution in [3.63, 3.8) is 0 Å². The van der Waals surface area contributed by atoms with Crippen molar-refractivity contribution in [1.29, 1.82) is 5.26 Å². The third kappa shape index (κ3) is 11.1. The van der Waals surface area contributed by atoms with Crippen LogP contribution in [-0.4, -0.2) is 85.1 Å². The van der Waals surface area contributed by atoms with Crippen LogP contribution in [0.15, 0.2) is 42.6 Å². The first kappa shape index (κ1) is 31.7. The number of unbranched alkanes of at least 4 members (excludes halogenated alkanes) is 1. The van der Waals surface area contributed by atoms with Crippen molar-refractivity contribution >= 4 is 29.3 Å². The van der Waals surface area contributed by atoms with Gasteiger partial charge >= 0.3 is 0 Å². The Morgan fingerprint density at radius 1 is 1.15 bits per heavy atom. The summed E-state index contributed by atoms with van der Waals surface area (Å²) in [4.78, 5) is 36.8. The van der Waals surface area contributed by atoms with E-state index in [0.717, 1.165) is 5.69 Å². The monoisotopic (exact) mass is 548 g/mol. The maximum atomic E-state index is 12.6. The van der Waals surface area contributed by atoms with Crippen LogP contribution in [0.3, 0.4) is 0 Å². The summed E-state index contributed by atoms with van der Waals surface area (Å²) in [5, 5.41) is 18.0. The molecule has 0 radical (unpaired) electrons. The lowest BCUT2D eigenvalue weighted by molar-refractivity contribution is -0.135. The molecule has 11 heteroatoms. The molecule has 0 saturated heterocycles. The molecule has 2 aromatic rings. The van der Waals surface area contributed by atoms with Gasteiger partial charge in [-0.15, -0.1) is 0 Å². The number of likely N-dealkylation sites (N-methyl/N-ethyl adjacent to an activating group) is 2. The molecule has 212 valence electrons. The molecular formula is C29H37FN8O2. The number of rotatable bonds is 14. The summed E-state index contributed by atoms with van der Waals surface area (Å²) in [7, 11) is 5.42. The Labute approximate surface area is 235 Å². The molecule has 10 nitrogen and oxygen atoms in total. The summed E-state index contributed by atoms with van der Waals surface area (Å²) in [6.45, 7) is 2.69. The topological polar surface area (TPSA) is 126 Å². The number of nitriles is 1. The molecule has 2 amide bonds. The number of nitrogens with zero attached hydrogens (tertiary/aromatic N) is 5. The van der Waals surface area contributed by atoms with E-state index in [1.807, 2.05) is 19.0 Å². The number of amides is 2. The van der Waals surface area contributed by atoms with Crippen LogP contribution >= 0.6 is 0 Å². The molecule has 0 saturated carbocycles. The Morgan fingerprint density at radius 2 is 1.90 bits per heavy atom. The zero-order valence-corrected chi connectivity index (χ0v) is 23.5. The Bertz CT molecular complexity index is 1250. The average molecular weight is 549 g/mol. The maximum absolute atomic E-state index is 12.6. The molecule has 1 atom stereocenters. The zero-order valence-electron chi connectivity index (χ0n) is 23.5. The number of anilines is 3. The predicted octanol–water partition coefficient (Wildman–Crippen LogP) is 3.08. The number of halogens is 1. The highest BCUT2D eigenvalue weighted by Gasteiger charge is 2.20. The maximum Gasteiger partial charge on any atom is 0.246 e. The Hall–Kier alpha value is -4.48. The Kier molecular flexibility index (Phi) is 13.6. The van der Waals surface area contributed by atoms with Crippen LogP contribution in [0.5, 0.6) is 0 Å². The first-order chi connectivity index (χ1) is 19.2. The Balaban J connectivity index is 1.90. The van der Waals surface area contributed by atoms with Crippen LogP contribution in [0, 0.1) is 23.2 Å². The van der Waals surface area contributed by atoms with Crippen molar-refractivity contribution in [1.82, 2.24) is 25.1 Å². The number of carbonyl (C=O) groups is 2. The molecule has 0 aliphatic rings. The SMILES string of the molecule is C[C@@H](C(=O)NCCCC#Cc1cnc(Nc2ccc(C#N)cc2)nc1NCCCF)N(C)C(=O)/C=C/CN(C)C. The number of nitrogens with one attached hydrogen (secondary N) is 3. The van der Waals surface area contributed by atoms with Gasteiger partial charge in [-0.3, -0.25) is 14.0 Å². The Morgan fingerprint density at radius 3 is 2.58 bits per heavy atom. The molecule has 0 unspecified atom stereocenters. The van der Waals surface area contributed by atoms with E-state index >= 15 is 0 Å². The molecule has 40 heavy (non-hydrogen) atoms. The molecule has 0 aliphatic carbocycles. The molecule has 1 aromatic heterocycles. The second-order valence-corrected chi connectivity index (χ2v) is 9.23. The van der Waals surface area contributed by atoms with E-state index in [2.05, 4.69) is 43.8 Å². The quantitative estimate of drug-likeness (QED) is 0.187. The highest BCUT2D eigenvalue weighted by Crippen LogP contribution is 2.18. The third-order valence-electron chi connectivity index (χ3n) is 5.70. The predicted molar refractivity (Wildman–Crippen MR) is 155 cm³/mol. The lowest BCUT2D eigenvalue weighted by Crippen LogP contribution is -2.45. The van der Waals surface area contributed by atoms with Gasteiger partial charge in [0.1, 0.15) is 11.9 Å². The van der Waals surface area contributed by atoms with Gasteiger partial charge < -0.3 is 25.8 Å². The summed E-state index contributed by atoms with van der Waals surface area (Å²) in [5.41, 5.74) is 1.84. The smallest absolute Gasteiger partial charge is 0.246 e. The fourth-order valence-corrected chi connectivity index (χ4v) is 3.24. The molecule has 1 heterocycles. The molecule has 0 spiro atoms. The van der Waals surface area contributed by atoms with Crippen molar-refractivity contribution in [3.05, 3.63) is 53.7 Å². The van der Waals surface area contributed by atoms with Crippen molar-refractivity contribution in [3.8, 4) is 17.9 Å². The van der Waals surface area contributed by atoms with Gasteiger partial charge in [0, 0.05) is 44.9 Å². The first-order valence-electron chi connectivity index (χ1n) is 13.0. The average Bonchev–Trinajstić information content (AvgIpc) is 2.95. The van der Waals surface area contributed by atoms with E-state index in [9.17, 15) is 14.0 Å². The number of hydrogen-bond acceptors (Lipinski definition) is 8. The highest BCUT2D eigenvalue weighted by atomic mass is 19.1. The lowest BCUT2D eigenvalue weighted by atomic mass is 10.2. The largest absolute Gasteiger partial charge is 0.369 e. The summed E-state index contributed by atoms with van der Waals surface area (Å²) >= 11 is 0. The number of alkyl halides is 1. The number of hydrogen-bond donors (Lipinski definition) is 3. The van der Waals surface area contributed by atoms with Crippen molar-refractivity contribution in [2.45, 2.75) is 32.2 Å². The van der Waals surface area contributed by atoms with Crippen LogP contribution in [0.25, 0.3) is 0 Å². The highest BCUT2D eigenvalue weighted by molar-refractivity contribution is 5.92. The minimum absolute atomic E-state index is 0.230. The van der Waals surface area contributed by atoms with Crippen LogP contribution in [-0.2, 0) is 9.59 Å². The molecule has 0 fully saturated rings. The summed E-state index contributed by atoms with van der Waals surface area (Å²) < 4.78 is 12.6. The van der Waals surface area contributed by atoms with E-state index in [0.29, 0.717) is 61.8 Å². The minimum atomic E-state index is -0.603. The van der Waals surface area contributed by atoms with Crippen LogP contribution in [0.2, 0.25) is 0 Å². The van der Waals surface area contributed by atoms with Crippen LogP contribution in [0.1, 0.15) is 37.3 Å². The third-order valence-corrected chi connectivity index (χ3v) is 5.70. The van der Waals surface area contributed by atoms with E-state index in [1.165, 1.54) is 11.0 Å². The van der Waals surface area contributed by atoms with Crippen molar-refractivity contribution in [2.75, 3.05) is 58.1 Å². The zero-order chi connectivity index (χ0) is 29.3. The van der Waals surface area contributed by atoms with Gasteiger partial charge in [0.15, 0.2) is 0 Å². The summed E-state index contributed by atoms with van der Waals surface area (Å²) in [5.74, 6) is 6.48. The van der Waals surface area contributed by atoms with Gasteiger partial charge in [0.05, 0.1) is 30.1 Å². The van der Waals surface area contributed by atoms with E-state index in [1.54, 1.807) is 50.5 Å². The van der Waals surface area contributed by atoms with Gasteiger partial charge in [-0.25, -0.2) is 4.98 Å². The van der Waals surface area contributed by atoms with Crippen molar-refractivity contribution in [2.24, 2.45) is 0 Å². The fraction of sp³-hybridized carbons (Fsp3) is 0.414. The molecular weight excluding hydrogens is 511 g/mol. The normalized spacial score (nSPS) is 11.3. The summed E-state index contributed by atoms with van der Waals surface area (Å²) in [6.07, 6.45) is 6.29. The fourth-order valence-electron chi connectivity index (χ4n) is 3.24. The van der Waals surface area contributed by atoms with E-state index < -0.39 is 12.7 Å². The van der Waals surface area contributed by atoms with E-state index in [-0.39, 0.29) is 11.8 Å². The van der Waals surface area contributed by atoms with Crippen LogP contribution < -0.4 is 16.0 Å². The van der Waals surface area contributed by atoms with Gasteiger partial charge in [-0.05, 0) is 58.1 Å². The molecule has 1 aromatic carbocycles. The molecule has 3 N–H and O–H groups in total. The van der Waals surface area contributed by atoms with Crippen molar-refractivity contribution < 1.29 is 14.0 Å². The lowest BCUT2D eigenvalue weighted by Gasteiger charge is -2.23. The second kappa shape index (κ2) is 17.2. The van der Waals surface area contributed by atoms with E-state index in [4.69, 9.17) is 5.26 Å². The van der Waals surface area contributed by atoms with Gasteiger partial charge in [0.25, 0.3) is 0 Å². The van der Waals surface area contributed by atoms with Gasteiger partial charge in [0.2, 0.25) is 17.8 Å². The summed E-state index contributed by atoms with van der Waals surface area (Å²) in [6, 6.07) is 8.35. The van der Waals surface area contributed by atoms with Gasteiger partial charge in [-0.2, -0.15) is 10.2 Å². The number of aromatic nitrogens is 2. The molecule has 2 rings (SSSR count). The molecule has 0 aliphatic heterocycles. The standard InChI is InChI=1S/C29H37FN8O2/c1-22(38(4)26(39)11-8-19-37(2)3)28(40)33-17-7-5-6-10-24-21-34-29(36-27(24)32-18-9-16-30)35-25-14-12-23(20-31)13-15-25/h8,11-15,21-22H,5,7,9,16-19H2,1-4H3,(H,33,40)(H2,32,34,35,36)/b11-8+/t22-/m0/s1. The number of benzene rings is 1. The molecule has 0 bridgehead atoms.